The van der Waals surface area contributed by atoms with Crippen LogP contribution in [0.3, 0.4) is 0 Å². The maximum Gasteiger partial charge on any atom is 0.138 e. The van der Waals surface area contributed by atoms with Gasteiger partial charge in [0.2, 0.25) is 0 Å². The first-order chi connectivity index (χ1) is 10.3. The third-order valence-electron chi connectivity index (χ3n) is 4.25. The van der Waals surface area contributed by atoms with Crippen molar-refractivity contribution >= 4 is 0 Å². The molecule has 1 aromatic carbocycles. The smallest absolute Gasteiger partial charge is 0.138 e. The van der Waals surface area contributed by atoms with Crippen molar-refractivity contribution in [1.29, 1.82) is 0 Å². The van der Waals surface area contributed by atoms with Crippen LogP contribution in [0.1, 0.15) is 50.6 Å². The number of hydrogen-bond donors (Lipinski definition) is 1. The summed E-state index contributed by atoms with van der Waals surface area (Å²) in [5.74, 6) is 0.930. The molecule has 3 heteroatoms. The molecule has 0 saturated heterocycles. The Balaban J connectivity index is 2.34. The highest BCUT2D eigenvalue weighted by atomic mass is 14.9. The Kier molecular flexibility index (Phi) is 5.45. The molecular formula is C18H25N3. The zero-order valence-corrected chi connectivity index (χ0v) is 13.3. The molecule has 0 radical (unpaired) electrons. The van der Waals surface area contributed by atoms with Gasteiger partial charge in [-0.1, -0.05) is 51.1 Å². The summed E-state index contributed by atoms with van der Waals surface area (Å²) in [6.07, 6.45) is 5.90. The summed E-state index contributed by atoms with van der Waals surface area (Å²) >= 11 is 0. The zero-order valence-electron chi connectivity index (χ0n) is 13.3. The highest BCUT2D eigenvalue weighted by molar-refractivity contribution is 5.32. The van der Waals surface area contributed by atoms with E-state index in [1.807, 2.05) is 12.4 Å². The molecule has 0 atom stereocenters. The molecule has 2 aromatic rings. The van der Waals surface area contributed by atoms with Gasteiger partial charge in [-0.2, -0.15) is 0 Å². The fourth-order valence-corrected chi connectivity index (χ4v) is 2.82. The van der Waals surface area contributed by atoms with Gasteiger partial charge in [-0.15, -0.1) is 0 Å². The van der Waals surface area contributed by atoms with E-state index in [2.05, 4.69) is 66.4 Å². The number of benzene rings is 1. The first-order valence-electron chi connectivity index (χ1n) is 7.84. The Bertz CT molecular complexity index is 530. The van der Waals surface area contributed by atoms with Crippen molar-refractivity contribution in [3.05, 3.63) is 59.7 Å². The molecule has 0 spiro atoms. The normalized spacial score (nSPS) is 11.6. The number of rotatable bonds is 7. The molecule has 0 aliphatic heterocycles. The van der Waals surface area contributed by atoms with Gasteiger partial charge in [-0.05, 0) is 24.9 Å². The van der Waals surface area contributed by atoms with E-state index in [0.717, 1.165) is 37.3 Å². The van der Waals surface area contributed by atoms with Crippen LogP contribution in [0.2, 0.25) is 0 Å². The second-order valence-corrected chi connectivity index (χ2v) is 5.35. The minimum absolute atomic E-state index is 0.0853. The van der Waals surface area contributed by atoms with E-state index < -0.39 is 0 Å². The van der Waals surface area contributed by atoms with Crippen LogP contribution in [-0.4, -0.2) is 16.5 Å². The van der Waals surface area contributed by atoms with Gasteiger partial charge < -0.3 is 5.32 Å². The van der Waals surface area contributed by atoms with E-state index in [-0.39, 0.29) is 5.41 Å². The standard InChI is InChI=1S/C18H25N3/c1-4-18(5-2,16-10-8-7-9-11-16)17-20-13-15(14-21-17)12-19-6-3/h7-11,13-14,19H,4-6,12H2,1-3H3. The Hall–Kier alpha value is -1.74. The van der Waals surface area contributed by atoms with E-state index in [9.17, 15) is 0 Å². The summed E-state index contributed by atoms with van der Waals surface area (Å²) in [6, 6.07) is 10.6. The number of hydrogen-bond acceptors (Lipinski definition) is 3. The van der Waals surface area contributed by atoms with Crippen molar-refractivity contribution < 1.29 is 0 Å². The molecule has 21 heavy (non-hydrogen) atoms. The molecular weight excluding hydrogens is 258 g/mol. The highest BCUT2D eigenvalue weighted by Gasteiger charge is 2.33. The molecule has 0 unspecified atom stereocenters. The molecule has 1 heterocycles. The van der Waals surface area contributed by atoms with Gasteiger partial charge in [0.25, 0.3) is 0 Å². The largest absolute Gasteiger partial charge is 0.313 e. The van der Waals surface area contributed by atoms with E-state index in [0.29, 0.717) is 0 Å². The van der Waals surface area contributed by atoms with Crippen molar-refractivity contribution in [1.82, 2.24) is 15.3 Å². The van der Waals surface area contributed by atoms with Gasteiger partial charge in [0.1, 0.15) is 5.82 Å². The average Bonchev–Trinajstić information content (AvgIpc) is 2.57. The molecule has 1 aromatic heterocycles. The zero-order chi connectivity index (χ0) is 15.1. The summed E-state index contributed by atoms with van der Waals surface area (Å²) in [6.45, 7) is 8.32. The van der Waals surface area contributed by atoms with Crippen LogP contribution >= 0.6 is 0 Å². The molecule has 0 amide bonds. The van der Waals surface area contributed by atoms with Gasteiger partial charge in [0.05, 0.1) is 5.41 Å². The molecule has 0 fully saturated rings. The number of nitrogens with zero attached hydrogens (tertiary/aromatic N) is 2. The lowest BCUT2D eigenvalue weighted by Gasteiger charge is -2.30. The van der Waals surface area contributed by atoms with Crippen LogP contribution in [0.4, 0.5) is 0 Å². The summed E-state index contributed by atoms with van der Waals surface area (Å²) < 4.78 is 0. The monoisotopic (exact) mass is 283 g/mol. The minimum Gasteiger partial charge on any atom is -0.313 e. The SMILES string of the molecule is CCNCc1cnc(C(CC)(CC)c2ccccc2)nc1. The number of aromatic nitrogens is 2. The third kappa shape index (κ3) is 3.30. The lowest BCUT2D eigenvalue weighted by Crippen LogP contribution is -2.29. The van der Waals surface area contributed by atoms with E-state index >= 15 is 0 Å². The predicted octanol–water partition coefficient (Wildman–Crippen LogP) is 3.69. The van der Waals surface area contributed by atoms with Crippen molar-refractivity contribution in [2.24, 2.45) is 0 Å². The van der Waals surface area contributed by atoms with Gasteiger partial charge in [0, 0.05) is 24.5 Å². The molecule has 112 valence electrons. The van der Waals surface area contributed by atoms with Crippen molar-refractivity contribution in [3.8, 4) is 0 Å². The van der Waals surface area contributed by atoms with E-state index in [1.165, 1.54) is 5.56 Å². The number of nitrogens with one attached hydrogen (secondary N) is 1. The van der Waals surface area contributed by atoms with Crippen LogP contribution < -0.4 is 5.32 Å². The first-order valence-corrected chi connectivity index (χ1v) is 7.84. The lowest BCUT2D eigenvalue weighted by atomic mass is 9.75. The van der Waals surface area contributed by atoms with Crippen LogP contribution in [0.5, 0.6) is 0 Å². The lowest BCUT2D eigenvalue weighted by molar-refractivity contribution is 0.448. The van der Waals surface area contributed by atoms with Crippen molar-refractivity contribution in [2.75, 3.05) is 6.54 Å². The molecule has 0 aliphatic carbocycles. The second kappa shape index (κ2) is 7.32. The Morgan fingerprint density at radius 1 is 0.952 bits per heavy atom. The Morgan fingerprint density at radius 3 is 2.10 bits per heavy atom. The van der Waals surface area contributed by atoms with Gasteiger partial charge in [-0.3, -0.25) is 0 Å². The molecule has 3 nitrogen and oxygen atoms in total. The topological polar surface area (TPSA) is 37.8 Å². The minimum atomic E-state index is -0.0853. The fourth-order valence-electron chi connectivity index (χ4n) is 2.82. The molecule has 0 aliphatic rings. The van der Waals surface area contributed by atoms with Gasteiger partial charge in [0.15, 0.2) is 0 Å². The average molecular weight is 283 g/mol. The second-order valence-electron chi connectivity index (χ2n) is 5.35. The summed E-state index contributed by atoms with van der Waals surface area (Å²) in [5.41, 5.74) is 2.35. The summed E-state index contributed by atoms with van der Waals surface area (Å²) in [5, 5.41) is 3.30. The highest BCUT2D eigenvalue weighted by Crippen LogP contribution is 2.36. The third-order valence-corrected chi connectivity index (χ3v) is 4.25. The maximum absolute atomic E-state index is 4.67. The Morgan fingerprint density at radius 2 is 1.57 bits per heavy atom. The molecule has 0 saturated carbocycles. The van der Waals surface area contributed by atoms with Crippen molar-refractivity contribution in [3.63, 3.8) is 0 Å². The van der Waals surface area contributed by atoms with Crippen LogP contribution in [-0.2, 0) is 12.0 Å². The quantitative estimate of drug-likeness (QED) is 0.842. The van der Waals surface area contributed by atoms with E-state index in [4.69, 9.17) is 0 Å². The van der Waals surface area contributed by atoms with Crippen LogP contribution in [0, 0.1) is 0 Å². The molecule has 0 bridgehead atoms. The van der Waals surface area contributed by atoms with Gasteiger partial charge >= 0.3 is 0 Å². The van der Waals surface area contributed by atoms with Crippen LogP contribution in [0.25, 0.3) is 0 Å². The molecule has 2 rings (SSSR count). The summed E-state index contributed by atoms with van der Waals surface area (Å²) in [4.78, 5) is 9.34. The maximum atomic E-state index is 4.67. The molecule has 1 N–H and O–H groups in total. The van der Waals surface area contributed by atoms with E-state index in [1.54, 1.807) is 0 Å². The fraction of sp³-hybridized carbons (Fsp3) is 0.444. The first kappa shape index (κ1) is 15.6. The van der Waals surface area contributed by atoms with Crippen molar-refractivity contribution in [2.45, 2.75) is 45.6 Å². The van der Waals surface area contributed by atoms with Gasteiger partial charge in [-0.25, -0.2) is 9.97 Å². The van der Waals surface area contributed by atoms with Crippen LogP contribution in [0.15, 0.2) is 42.7 Å². The summed E-state index contributed by atoms with van der Waals surface area (Å²) in [7, 11) is 0. The predicted molar refractivity (Wildman–Crippen MR) is 87.2 cm³/mol. The Labute approximate surface area is 127 Å².